The van der Waals surface area contributed by atoms with Gasteiger partial charge in [0, 0.05) is 18.0 Å². The average Bonchev–Trinajstić information content (AvgIpc) is 2.85. The van der Waals surface area contributed by atoms with Crippen molar-refractivity contribution in [2.45, 2.75) is 38.8 Å². The number of carboxylic acid groups (broad SMARTS) is 1. The zero-order valence-electron chi connectivity index (χ0n) is 10.9. The van der Waals surface area contributed by atoms with E-state index in [2.05, 4.69) is 5.32 Å². The maximum Gasteiger partial charge on any atom is 0.326 e. The van der Waals surface area contributed by atoms with E-state index in [-0.39, 0.29) is 6.03 Å². The van der Waals surface area contributed by atoms with Gasteiger partial charge in [0.25, 0.3) is 0 Å². The highest BCUT2D eigenvalue weighted by atomic mass is 32.1. The molecule has 19 heavy (non-hydrogen) atoms. The van der Waals surface area contributed by atoms with Gasteiger partial charge in [-0.05, 0) is 29.9 Å². The fourth-order valence-corrected chi connectivity index (χ4v) is 3.10. The minimum absolute atomic E-state index is 0.280. The summed E-state index contributed by atoms with van der Waals surface area (Å²) in [5.74, 6) is -0.969. The minimum atomic E-state index is -0.969. The molecule has 2 heterocycles. The molecule has 0 bridgehead atoms. The van der Waals surface area contributed by atoms with Crippen molar-refractivity contribution in [2.24, 2.45) is 0 Å². The van der Waals surface area contributed by atoms with E-state index < -0.39 is 12.0 Å². The Hall–Kier alpha value is -1.56. The Morgan fingerprint density at radius 3 is 3.05 bits per heavy atom. The number of nitrogens with one attached hydrogen (secondary N) is 1. The number of carbonyl (C=O) groups excluding carboxylic acids is 1. The first kappa shape index (κ1) is 13.9. The molecule has 5 nitrogen and oxygen atoms in total. The van der Waals surface area contributed by atoms with Gasteiger partial charge in [0.05, 0.1) is 0 Å². The van der Waals surface area contributed by atoms with Gasteiger partial charge < -0.3 is 15.3 Å². The molecule has 0 aromatic carbocycles. The topological polar surface area (TPSA) is 69.6 Å². The summed E-state index contributed by atoms with van der Waals surface area (Å²) in [5.41, 5.74) is 1.17. The summed E-state index contributed by atoms with van der Waals surface area (Å²) in [7, 11) is 0. The molecule has 1 atom stereocenters. The summed E-state index contributed by atoms with van der Waals surface area (Å²) in [6, 6.07) is 0.958. The van der Waals surface area contributed by atoms with Crippen LogP contribution in [0.4, 0.5) is 4.79 Å². The molecule has 2 N–H and O–H groups in total. The number of amides is 2. The smallest absolute Gasteiger partial charge is 0.326 e. The van der Waals surface area contributed by atoms with Gasteiger partial charge in [-0.1, -0.05) is 13.3 Å². The third kappa shape index (κ3) is 3.26. The lowest BCUT2D eigenvalue weighted by molar-refractivity contribution is -0.139. The maximum atomic E-state index is 12.1. The van der Waals surface area contributed by atoms with E-state index in [1.165, 1.54) is 10.4 Å². The molecule has 0 saturated carbocycles. The second-order valence-electron chi connectivity index (χ2n) is 4.67. The highest BCUT2D eigenvalue weighted by molar-refractivity contribution is 7.10. The van der Waals surface area contributed by atoms with Crippen molar-refractivity contribution in [3.63, 3.8) is 0 Å². The Kier molecular flexibility index (Phi) is 4.42. The molecule has 1 aromatic rings. The van der Waals surface area contributed by atoms with Crippen LogP contribution in [0.2, 0.25) is 0 Å². The van der Waals surface area contributed by atoms with E-state index in [1.54, 1.807) is 16.2 Å². The summed E-state index contributed by atoms with van der Waals surface area (Å²) < 4.78 is 0. The second-order valence-corrected chi connectivity index (χ2v) is 5.67. The van der Waals surface area contributed by atoms with Gasteiger partial charge in [0.15, 0.2) is 0 Å². The van der Waals surface area contributed by atoms with Crippen LogP contribution in [-0.4, -0.2) is 34.6 Å². The van der Waals surface area contributed by atoms with Crippen molar-refractivity contribution in [1.82, 2.24) is 10.2 Å². The summed E-state index contributed by atoms with van der Waals surface area (Å²) in [6.45, 7) is 3.13. The molecular formula is C13H18N2O3S. The van der Waals surface area contributed by atoms with E-state index in [0.29, 0.717) is 19.5 Å². The van der Waals surface area contributed by atoms with Gasteiger partial charge in [-0.3, -0.25) is 0 Å². The molecule has 0 aliphatic carbocycles. The van der Waals surface area contributed by atoms with Crippen molar-refractivity contribution >= 4 is 23.3 Å². The zero-order valence-corrected chi connectivity index (χ0v) is 11.7. The Balaban J connectivity index is 1.95. The number of carboxylic acids is 1. The molecule has 6 heteroatoms. The van der Waals surface area contributed by atoms with Gasteiger partial charge in [-0.25, -0.2) is 9.59 Å². The average molecular weight is 282 g/mol. The first-order valence-corrected chi connectivity index (χ1v) is 7.33. The highest BCUT2D eigenvalue weighted by Gasteiger charge is 2.25. The number of fused-ring (bicyclic) bond motifs is 1. The summed E-state index contributed by atoms with van der Waals surface area (Å²) >= 11 is 1.71. The highest BCUT2D eigenvalue weighted by Crippen LogP contribution is 2.23. The number of nitrogens with zero attached hydrogens (tertiary/aromatic N) is 1. The van der Waals surface area contributed by atoms with Crippen molar-refractivity contribution in [1.29, 1.82) is 0 Å². The second kappa shape index (κ2) is 6.06. The normalized spacial score (nSPS) is 15.7. The molecule has 0 radical (unpaired) electrons. The summed E-state index contributed by atoms with van der Waals surface area (Å²) in [5, 5.41) is 13.7. The van der Waals surface area contributed by atoms with Gasteiger partial charge in [-0.15, -0.1) is 11.3 Å². The van der Waals surface area contributed by atoms with Crippen LogP contribution >= 0.6 is 11.3 Å². The van der Waals surface area contributed by atoms with Gasteiger partial charge in [-0.2, -0.15) is 0 Å². The third-order valence-electron chi connectivity index (χ3n) is 3.27. The lowest BCUT2D eigenvalue weighted by atomic mass is 10.1. The van der Waals surface area contributed by atoms with Gasteiger partial charge in [0.2, 0.25) is 0 Å². The Labute approximate surface area is 116 Å². The van der Waals surface area contributed by atoms with Crippen LogP contribution in [0, 0.1) is 0 Å². The number of thiophene rings is 1. The predicted molar refractivity (Wildman–Crippen MR) is 73.3 cm³/mol. The quantitative estimate of drug-likeness (QED) is 0.888. The molecule has 1 aromatic heterocycles. The first-order valence-electron chi connectivity index (χ1n) is 6.45. The van der Waals surface area contributed by atoms with E-state index in [9.17, 15) is 9.59 Å². The number of rotatable bonds is 4. The largest absolute Gasteiger partial charge is 0.480 e. The molecule has 0 saturated heterocycles. The molecule has 0 spiro atoms. The number of urea groups is 1. The number of hydrogen-bond acceptors (Lipinski definition) is 3. The van der Waals surface area contributed by atoms with Crippen LogP contribution in [0.25, 0.3) is 0 Å². The Morgan fingerprint density at radius 1 is 1.58 bits per heavy atom. The molecule has 1 aliphatic rings. The van der Waals surface area contributed by atoms with Crippen molar-refractivity contribution in [3.8, 4) is 0 Å². The monoisotopic (exact) mass is 282 g/mol. The van der Waals surface area contributed by atoms with Gasteiger partial charge in [0.1, 0.15) is 6.04 Å². The SMILES string of the molecule is CCC[C@H](NC(=O)N1CCc2sccc2C1)C(=O)O. The molecule has 2 rings (SSSR count). The van der Waals surface area contributed by atoms with E-state index in [4.69, 9.17) is 5.11 Å². The standard InChI is InChI=1S/C13H18N2O3S/c1-2-3-10(12(16)17)14-13(18)15-6-4-11-9(8-15)5-7-19-11/h5,7,10H,2-4,6,8H2,1H3,(H,14,18)(H,16,17)/t10-/m0/s1. The van der Waals surface area contributed by atoms with Crippen molar-refractivity contribution in [3.05, 3.63) is 21.9 Å². The first-order chi connectivity index (χ1) is 9.11. The van der Waals surface area contributed by atoms with Crippen LogP contribution in [0.5, 0.6) is 0 Å². The van der Waals surface area contributed by atoms with Crippen LogP contribution < -0.4 is 5.32 Å². The zero-order chi connectivity index (χ0) is 13.8. The molecule has 1 aliphatic heterocycles. The molecule has 2 amide bonds. The van der Waals surface area contributed by atoms with Crippen molar-refractivity contribution in [2.75, 3.05) is 6.54 Å². The number of aliphatic carboxylic acids is 1. The molecule has 104 valence electrons. The van der Waals surface area contributed by atoms with Crippen molar-refractivity contribution < 1.29 is 14.7 Å². The summed E-state index contributed by atoms with van der Waals surface area (Å²) in [6.07, 6.45) is 2.04. The van der Waals surface area contributed by atoms with E-state index in [1.807, 2.05) is 18.4 Å². The number of carbonyl (C=O) groups is 2. The van der Waals surface area contributed by atoms with E-state index in [0.717, 1.165) is 12.8 Å². The molecular weight excluding hydrogens is 264 g/mol. The molecule has 0 fully saturated rings. The lowest BCUT2D eigenvalue weighted by Crippen LogP contribution is -2.49. The Bertz CT molecular complexity index is 472. The van der Waals surface area contributed by atoms with Gasteiger partial charge >= 0.3 is 12.0 Å². The predicted octanol–water partition coefficient (Wildman–Crippen LogP) is 2.07. The molecule has 0 unspecified atom stereocenters. The fraction of sp³-hybridized carbons (Fsp3) is 0.538. The third-order valence-corrected chi connectivity index (χ3v) is 4.29. The summed E-state index contributed by atoms with van der Waals surface area (Å²) in [4.78, 5) is 26.1. The van der Waals surface area contributed by atoms with Crippen LogP contribution in [0.1, 0.15) is 30.2 Å². The minimum Gasteiger partial charge on any atom is -0.480 e. The van der Waals surface area contributed by atoms with Crippen LogP contribution in [0.15, 0.2) is 11.4 Å². The maximum absolute atomic E-state index is 12.1. The Morgan fingerprint density at radius 2 is 2.37 bits per heavy atom. The fourth-order valence-electron chi connectivity index (χ4n) is 2.21. The number of hydrogen-bond donors (Lipinski definition) is 2. The van der Waals surface area contributed by atoms with E-state index >= 15 is 0 Å². The lowest BCUT2D eigenvalue weighted by Gasteiger charge is -2.28. The van der Waals surface area contributed by atoms with Crippen LogP contribution in [0.3, 0.4) is 0 Å². The van der Waals surface area contributed by atoms with Crippen LogP contribution in [-0.2, 0) is 17.8 Å².